The normalized spacial score (nSPS) is 11.2. The molecule has 102 valence electrons. The van der Waals surface area contributed by atoms with Gasteiger partial charge in [0.05, 0.1) is 16.4 Å². The van der Waals surface area contributed by atoms with Crippen LogP contribution in [0.25, 0.3) is 10.7 Å². The van der Waals surface area contributed by atoms with E-state index < -0.39 is 0 Å². The van der Waals surface area contributed by atoms with E-state index in [1.165, 1.54) is 4.88 Å². The molecule has 2 aromatic heterocycles. The van der Waals surface area contributed by atoms with Crippen LogP contribution in [0.4, 0.5) is 0 Å². The Morgan fingerprint density at radius 1 is 1.37 bits per heavy atom. The van der Waals surface area contributed by atoms with E-state index in [1.54, 1.807) is 17.5 Å². The van der Waals surface area contributed by atoms with Crippen LogP contribution < -0.4 is 5.32 Å². The van der Waals surface area contributed by atoms with E-state index in [1.807, 2.05) is 19.1 Å². The molecule has 0 saturated carbocycles. The molecule has 0 radical (unpaired) electrons. The van der Waals surface area contributed by atoms with Crippen LogP contribution in [0.15, 0.2) is 18.3 Å². The lowest BCUT2D eigenvalue weighted by Crippen LogP contribution is -2.18. The minimum atomic E-state index is 0.649. The second-order valence-corrected chi connectivity index (χ2v) is 6.43. The van der Waals surface area contributed by atoms with E-state index in [0.29, 0.717) is 10.9 Å². The number of hydrogen-bond acceptors (Lipinski definition) is 4. The summed E-state index contributed by atoms with van der Waals surface area (Å²) < 4.78 is 0. The average molecular weight is 296 g/mol. The van der Waals surface area contributed by atoms with Crippen molar-refractivity contribution < 1.29 is 0 Å². The van der Waals surface area contributed by atoms with Crippen LogP contribution in [-0.4, -0.2) is 16.5 Å². The summed E-state index contributed by atoms with van der Waals surface area (Å²) in [6.45, 7) is 8.34. The van der Waals surface area contributed by atoms with Crippen molar-refractivity contribution in [3.63, 3.8) is 0 Å². The van der Waals surface area contributed by atoms with Gasteiger partial charge in [-0.3, -0.25) is 4.98 Å². The summed E-state index contributed by atoms with van der Waals surface area (Å²) >= 11 is 7.54. The van der Waals surface area contributed by atoms with Gasteiger partial charge in [0.25, 0.3) is 0 Å². The van der Waals surface area contributed by atoms with Crippen LogP contribution in [0.3, 0.4) is 0 Å². The van der Waals surface area contributed by atoms with E-state index in [4.69, 9.17) is 11.6 Å². The van der Waals surface area contributed by atoms with Gasteiger partial charge in [0.15, 0.2) is 0 Å². The van der Waals surface area contributed by atoms with Gasteiger partial charge in [0.1, 0.15) is 5.01 Å². The summed E-state index contributed by atoms with van der Waals surface area (Å²) in [6, 6.07) is 3.75. The van der Waals surface area contributed by atoms with Gasteiger partial charge < -0.3 is 5.32 Å². The highest BCUT2D eigenvalue weighted by atomic mass is 35.5. The first kappa shape index (κ1) is 14.4. The predicted molar refractivity (Wildman–Crippen MR) is 81.6 cm³/mol. The first-order valence-electron chi connectivity index (χ1n) is 6.35. The minimum Gasteiger partial charge on any atom is -0.312 e. The highest BCUT2D eigenvalue weighted by Gasteiger charge is 2.10. The second kappa shape index (κ2) is 6.46. The molecular weight excluding hydrogens is 278 g/mol. The minimum absolute atomic E-state index is 0.649. The van der Waals surface area contributed by atoms with Gasteiger partial charge in [-0.25, -0.2) is 4.98 Å². The van der Waals surface area contributed by atoms with Crippen LogP contribution in [0.2, 0.25) is 5.02 Å². The van der Waals surface area contributed by atoms with Crippen molar-refractivity contribution in [3.8, 4) is 10.7 Å². The van der Waals surface area contributed by atoms with Gasteiger partial charge >= 0.3 is 0 Å². The molecule has 1 N–H and O–H groups in total. The lowest BCUT2D eigenvalue weighted by Gasteiger charge is -2.05. The highest BCUT2D eigenvalue weighted by molar-refractivity contribution is 7.15. The topological polar surface area (TPSA) is 37.8 Å². The number of pyridine rings is 1. The SMILES string of the molecule is Cc1nc(-c2ccc(Cl)cn2)sc1CNCC(C)C. The summed E-state index contributed by atoms with van der Waals surface area (Å²) in [6.07, 6.45) is 1.66. The molecule has 0 spiro atoms. The average Bonchev–Trinajstić information content (AvgIpc) is 2.71. The Morgan fingerprint density at radius 2 is 2.16 bits per heavy atom. The maximum absolute atomic E-state index is 5.84. The van der Waals surface area contributed by atoms with Crippen molar-refractivity contribution in [2.24, 2.45) is 5.92 Å². The third-order valence-corrected chi connectivity index (χ3v) is 4.08. The fraction of sp³-hybridized carbons (Fsp3) is 0.429. The molecule has 3 nitrogen and oxygen atoms in total. The molecule has 2 rings (SSSR count). The van der Waals surface area contributed by atoms with Crippen molar-refractivity contribution in [1.29, 1.82) is 0 Å². The van der Waals surface area contributed by atoms with Gasteiger partial charge in [-0.1, -0.05) is 25.4 Å². The molecule has 0 aliphatic heterocycles. The molecule has 0 bridgehead atoms. The van der Waals surface area contributed by atoms with Gasteiger partial charge in [0.2, 0.25) is 0 Å². The Balaban J connectivity index is 2.09. The number of nitrogens with zero attached hydrogens (tertiary/aromatic N) is 2. The quantitative estimate of drug-likeness (QED) is 0.909. The molecule has 0 unspecified atom stereocenters. The molecule has 0 atom stereocenters. The summed E-state index contributed by atoms with van der Waals surface area (Å²) in [5.74, 6) is 0.658. The standard InChI is InChI=1S/C14H18ClN3S/c1-9(2)6-16-8-13-10(3)18-14(19-13)12-5-4-11(15)7-17-12/h4-5,7,9,16H,6,8H2,1-3H3. The Bertz CT molecular complexity index is 534. The van der Waals surface area contributed by atoms with Crippen LogP contribution in [0, 0.1) is 12.8 Å². The zero-order valence-electron chi connectivity index (χ0n) is 11.4. The highest BCUT2D eigenvalue weighted by Crippen LogP contribution is 2.27. The number of halogens is 1. The molecule has 0 fully saturated rings. The van der Waals surface area contributed by atoms with Crippen molar-refractivity contribution >= 4 is 22.9 Å². The maximum Gasteiger partial charge on any atom is 0.142 e. The summed E-state index contributed by atoms with van der Waals surface area (Å²) in [5, 5.41) is 5.05. The van der Waals surface area contributed by atoms with Gasteiger partial charge in [-0.2, -0.15) is 0 Å². The zero-order chi connectivity index (χ0) is 13.8. The van der Waals surface area contributed by atoms with E-state index >= 15 is 0 Å². The number of rotatable bonds is 5. The predicted octanol–water partition coefficient (Wildman–Crippen LogP) is 3.91. The molecule has 5 heteroatoms. The number of aryl methyl sites for hydroxylation is 1. The number of aromatic nitrogens is 2. The molecule has 2 aromatic rings. The fourth-order valence-corrected chi connectivity index (χ4v) is 2.80. The second-order valence-electron chi connectivity index (χ2n) is 4.91. The molecular formula is C14H18ClN3S. The van der Waals surface area contributed by atoms with E-state index in [9.17, 15) is 0 Å². The molecule has 19 heavy (non-hydrogen) atoms. The molecule has 0 saturated heterocycles. The Hall–Kier alpha value is -0.970. The summed E-state index contributed by atoms with van der Waals surface area (Å²) in [4.78, 5) is 10.2. The van der Waals surface area contributed by atoms with E-state index in [2.05, 4.69) is 29.1 Å². The third-order valence-electron chi connectivity index (χ3n) is 2.68. The van der Waals surface area contributed by atoms with Crippen LogP contribution in [-0.2, 0) is 6.54 Å². The molecule has 2 heterocycles. The van der Waals surface area contributed by atoms with Crippen molar-refractivity contribution in [2.45, 2.75) is 27.3 Å². The number of thiazole rings is 1. The van der Waals surface area contributed by atoms with E-state index in [0.717, 1.165) is 29.5 Å². The van der Waals surface area contributed by atoms with Gasteiger partial charge in [-0.15, -0.1) is 11.3 Å². The first-order valence-corrected chi connectivity index (χ1v) is 7.54. The zero-order valence-corrected chi connectivity index (χ0v) is 13.0. The smallest absolute Gasteiger partial charge is 0.142 e. The van der Waals surface area contributed by atoms with Crippen LogP contribution in [0.1, 0.15) is 24.4 Å². The lowest BCUT2D eigenvalue weighted by molar-refractivity contribution is 0.554. The third kappa shape index (κ3) is 4.00. The van der Waals surface area contributed by atoms with Gasteiger partial charge in [0, 0.05) is 17.6 Å². The Morgan fingerprint density at radius 3 is 2.79 bits per heavy atom. The first-order chi connectivity index (χ1) is 9.06. The van der Waals surface area contributed by atoms with Crippen molar-refractivity contribution in [2.75, 3.05) is 6.54 Å². The number of nitrogens with one attached hydrogen (secondary N) is 1. The maximum atomic E-state index is 5.84. The lowest BCUT2D eigenvalue weighted by atomic mass is 10.2. The fourth-order valence-electron chi connectivity index (χ4n) is 1.68. The Labute approximate surface area is 123 Å². The van der Waals surface area contributed by atoms with Crippen molar-refractivity contribution in [3.05, 3.63) is 33.9 Å². The number of hydrogen-bond donors (Lipinski definition) is 1. The van der Waals surface area contributed by atoms with Gasteiger partial charge in [-0.05, 0) is 31.5 Å². The molecule has 0 amide bonds. The van der Waals surface area contributed by atoms with Crippen molar-refractivity contribution in [1.82, 2.24) is 15.3 Å². The summed E-state index contributed by atoms with van der Waals surface area (Å²) in [7, 11) is 0. The summed E-state index contributed by atoms with van der Waals surface area (Å²) in [5.41, 5.74) is 1.96. The molecule has 0 aliphatic carbocycles. The van der Waals surface area contributed by atoms with E-state index in [-0.39, 0.29) is 0 Å². The molecule has 0 aromatic carbocycles. The monoisotopic (exact) mass is 295 g/mol. The van der Waals surface area contributed by atoms with Crippen LogP contribution in [0.5, 0.6) is 0 Å². The Kier molecular flexibility index (Phi) is 4.91. The van der Waals surface area contributed by atoms with Crippen LogP contribution >= 0.6 is 22.9 Å². The molecule has 0 aliphatic rings. The largest absolute Gasteiger partial charge is 0.312 e.